The van der Waals surface area contributed by atoms with Crippen molar-refractivity contribution in [1.29, 1.82) is 0 Å². The van der Waals surface area contributed by atoms with E-state index in [1.165, 1.54) is 0 Å². The number of carbonyl (C=O) groups is 1. The minimum Gasteiger partial charge on any atom is -0.355 e. The highest BCUT2D eigenvalue weighted by Gasteiger charge is 2.38. The average Bonchev–Trinajstić information content (AvgIpc) is 3.10. The van der Waals surface area contributed by atoms with Gasteiger partial charge in [-0.1, -0.05) is 23.2 Å². The minimum absolute atomic E-state index is 0.0124. The van der Waals surface area contributed by atoms with Crippen molar-refractivity contribution in [3.63, 3.8) is 0 Å². The van der Waals surface area contributed by atoms with Crippen LogP contribution in [0, 0.1) is 17.6 Å². The van der Waals surface area contributed by atoms with E-state index in [1.807, 2.05) is 4.90 Å². The predicted octanol–water partition coefficient (Wildman–Crippen LogP) is 4.13. The number of halogens is 4. The highest BCUT2D eigenvalue weighted by atomic mass is 35.5. The van der Waals surface area contributed by atoms with Crippen molar-refractivity contribution in [2.75, 3.05) is 30.8 Å². The quantitative estimate of drug-likeness (QED) is 0.596. The van der Waals surface area contributed by atoms with Crippen LogP contribution in [0.1, 0.15) is 24.8 Å². The number of pyridine rings is 1. The number of hydrogen-bond donors (Lipinski definition) is 0. The van der Waals surface area contributed by atoms with Crippen molar-refractivity contribution in [2.24, 2.45) is 5.92 Å². The molecule has 0 unspecified atom stereocenters. The first kappa shape index (κ1) is 24.2. The Labute approximate surface area is 201 Å². The SMILES string of the molecule is CS(=O)(=O)c1cc(F)c(C[C@H]2CCN(C3CCN(c4ncc(Cl)cc4Cl)CC3)C2=O)cc1F. The molecule has 178 valence electrons. The maximum atomic E-state index is 14.5. The summed E-state index contributed by atoms with van der Waals surface area (Å²) >= 11 is 12.2. The standard InChI is InChI=1S/C22H23Cl2F2N3O3S/c1-33(31,32)20-11-18(25)14(9-19(20)26)8-13-2-7-29(22(13)30)16-3-5-28(6-4-16)21-17(24)10-15(23)12-27-21/h9-13,16H,2-8H2,1H3/t13-/m1/s1. The smallest absolute Gasteiger partial charge is 0.226 e. The number of benzene rings is 1. The highest BCUT2D eigenvalue weighted by Crippen LogP contribution is 2.32. The van der Waals surface area contributed by atoms with Gasteiger partial charge < -0.3 is 9.80 Å². The molecule has 1 atom stereocenters. The molecule has 2 fully saturated rings. The fourth-order valence-electron chi connectivity index (χ4n) is 4.62. The van der Waals surface area contributed by atoms with E-state index in [9.17, 15) is 22.0 Å². The Morgan fingerprint density at radius 3 is 2.39 bits per heavy atom. The summed E-state index contributed by atoms with van der Waals surface area (Å²) in [5.74, 6) is -1.70. The topological polar surface area (TPSA) is 70.6 Å². The zero-order valence-electron chi connectivity index (χ0n) is 17.9. The first-order valence-corrected chi connectivity index (χ1v) is 13.2. The van der Waals surface area contributed by atoms with E-state index in [0.29, 0.717) is 48.0 Å². The molecule has 3 heterocycles. The van der Waals surface area contributed by atoms with Gasteiger partial charge in [0, 0.05) is 44.0 Å². The van der Waals surface area contributed by atoms with Crippen LogP contribution in [0.3, 0.4) is 0 Å². The number of amides is 1. The van der Waals surface area contributed by atoms with Crippen LogP contribution >= 0.6 is 23.2 Å². The molecule has 0 aliphatic carbocycles. The number of piperidine rings is 1. The molecular weight excluding hydrogens is 495 g/mol. The van der Waals surface area contributed by atoms with Gasteiger partial charge in [-0.05, 0) is 49.4 Å². The Balaban J connectivity index is 1.39. The molecule has 4 rings (SSSR count). The van der Waals surface area contributed by atoms with Gasteiger partial charge in [-0.2, -0.15) is 0 Å². The average molecular weight is 518 g/mol. The Kier molecular flexibility index (Phi) is 6.85. The van der Waals surface area contributed by atoms with Gasteiger partial charge in [-0.25, -0.2) is 22.2 Å². The molecule has 33 heavy (non-hydrogen) atoms. The van der Waals surface area contributed by atoms with E-state index in [4.69, 9.17) is 23.2 Å². The van der Waals surface area contributed by atoms with Crippen LogP contribution in [0.4, 0.5) is 14.6 Å². The lowest BCUT2D eigenvalue weighted by Crippen LogP contribution is -2.46. The van der Waals surface area contributed by atoms with Crippen molar-refractivity contribution in [3.05, 3.63) is 51.6 Å². The second kappa shape index (κ2) is 9.35. The van der Waals surface area contributed by atoms with Crippen LogP contribution in [-0.4, -0.2) is 56.1 Å². The summed E-state index contributed by atoms with van der Waals surface area (Å²) in [6, 6.07) is 3.29. The van der Waals surface area contributed by atoms with Gasteiger partial charge in [0.1, 0.15) is 22.3 Å². The Hall–Kier alpha value is -1.97. The number of aromatic nitrogens is 1. The fraction of sp³-hybridized carbons (Fsp3) is 0.455. The van der Waals surface area contributed by atoms with Crippen LogP contribution < -0.4 is 4.90 Å². The summed E-state index contributed by atoms with van der Waals surface area (Å²) in [4.78, 5) is 20.6. The Morgan fingerprint density at radius 2 is 1.76 bits per heavy atom. The first-order chi connectivity index (χ1) is 15.5. The van der Waals surface area contributed by atoms with Gasteiger partial charge in [0.25, 0.3) is 0 Å². The number of carbonyl (C=O) groups excluding carboxylic acids is 1. The third kappa shape index (κ3) is 5.10. The monoisotopic (exact) mass is 517 g/mol. The lowest BCUT2D eigenvalue weighted by molar-refractivity contribution is -0.133. The van der Waals surface area contributed by atoms with Crippen LogP contribution in [0.2, 0.25) is 10.0 Å². The van der Waals surface area contributed by atoms with E-state index >= 15 is 0 Å². The van der Waals surface area contributed by atoms with E-state index in [2.05, 4.69) is 9.88 Å². The van der Waals surface area contributed by atoms with E-state index in [-0.39, 0.29) is 23.9 Å². The zero-order valence-corrected chi connectivity index (χ0v) is 20.2. The Morgan fingerprint density at radius 1 is 1.06 bits per heavy atom. The van der Waals surface area contributed by atoms with Gasteiger partial charge in [-0.15, -0.1) is 0 Å². The van der Waals surface area contributed by atoms with E-state index in [1.54, 1.807) is 12.3 Å². The summed E-state index contributed by atoms with van der Waals surface area (Å²) < 4.78 is 51.9. The summed E-state index contributed by atoms with van der Waals surface area (Å²) in [5.41, 5.74) is 0.0124. The van der Waals surface area contributed by atoms with Crippen LogP contribution in [0.5, 0.6) is 0 Å². The molecule has 1 amide bonds. The molecule has 0 spiro atoms. The summed E-state index contributed by atoms with van der Waals surface area (Å²) in [6.45, 7) is 1.92. The van der Waals surface area contributed by atoms with Gasteiger partial charge in [-0.3, -0.25) is 4.79 Å². The number of rotatable bonds is 5. The highest BCUT2D eigenvalue weighted by molar-refractivity contribution is 7.90. The molecule has 1 aromatic heterocycles. The number of likely N-dealkylation sites (tertiary alicyclic amines) is 1. The van der Waals surface area contributed by atoms with E-state index in [0.717, 1.165) is 25.2 Å². The normalized spacial score (nSPS) is 20.0. The second-order valence-electron chi connectivity index (χ2n) is 8.54. The molecule has 2 aromatic rings. The molecule has 0 N–H and O–H groups in total. The van der Waals surface area contributed by atoms with Crippen molar-refractivity contribution in [3.8, 4) is 0 Å². The molecule has 6 nitrogen and oxygen atoms in total. The molecule has 0 radical (unpaired) electrons. The van der Waals surface area contributed by atoms with Gasteiger partial charge in [0.15, 0.2) is 9.84 Å². The lowest BCUT2D eigenvalue weighted by Gasteiger charge is -2.37. The summed E-state index contributed by atoms with van der Waals surface area (Å²) in [7, 11) is -3.88. The number of nitrogens with zero attached hydrogens (tertiary/aromatic N) is 3. The maximum Gasteiger partial charge on any atom is 0.226 e. The Bertz CT molecular complexity index is 1190. The molecule has 0 bridgehead atoms. The maximum absolute atomic E-state index is 14.5. The molecule has 2 saturated heterocycles. The van der Waals surface area contributed by atoms with Crippen molar-refractivity contribution in [2.45, 2.75) is 36.6 Å². The van der Waals surface area contributed by atoms with Gasteiger partial charge >= 0.3 is 0 Å². The van der Waals surface area contributed by atoms with Crippen LogP contribution in [0.15, 0.2) is 29.3 Å². The molecule has 2 aliphatic rings. The summed E-state index contributed by atoms with van der Waals surface area (Å²) in [5, 5.41) is 0.948. The van der Waals surface area contributed by atoms with Crippen molar-refractivity contribution >= 4 is 44.8 Å². The minimum atomic E-state index is -3.88. The molecular formula is C22H23Cl2F2N3O3S. The molecule has 11 heteroatoms. The van der Waals surface area contributed by atoms with Crippen molar-refractivity contribution in [1.82, 2.24) is 9.88 Å². The lowest BCUT2D eigenvalue weighted by atomic mass is 9.97. The third-order valence-corrected chi connectivity index (χ3v) is 7.91. The molecule has 2 aliphatic heterocycles. The van der Waals surface area contributed by atoms with Crippen LogP contribution in [0.25, 0.3) is 0 Å². The van der Waals surface area contributed by atoms with Crippen LogP contribution in [-0.2, 0) is 21.1 Å². The number of hydrogen-bond acceptors (Lipinski definition) is 5. The van der Waals surface area contributed by atoms with Gasteiger partial charge in [0.2, 0.25) is 5.91 Å². The van der Waals surface area contributed by atoms with E-state index < -0.39 is 32.3 Å². The first-order valence-electron chi connectivity index (χ1n) is 10.6. The van der Waals surface area contributed by atoms with Gasteiger partial charge in [0.05, 0.1) is 10.0 Å². The molecule has 0 saturated carbocycles. The third-order valence-electron chi connectivity index (χ3n) is 6.31. The molecule has 1 aromatic carbocycles. The number of anilines is 1. The largest absolute Gasteiger partial charge is 0.355 e. The predicted molar refractivity (Wildman–Crippen MR) is 122 cm³/mol. The number of sulfone groups is 1. The zero-order chi connectivity index (χ0) is 23.9. The summed E-state index contributed by atoms with van der Waals surface area (Å²) in [6.07, 6.45) is 4.43. The van der Waals surface area contributed by atoms with Crippen molar-refractivity contribution < 1.29 is 22.0 Å². The second-order valence-corrected chi connectivity index (χ2v) is 11.4. The fourth-order valence-corrected chi connectivity index (χ4v) is 5.85.